The van der Waals surface area contributed by atoms with Crippen molar-refractivity contribution in [3.05, 3.63) is 94.0 Å². The van der Waals surface area contributed by atoms with E-state index >= 15 is 0 Å². The van der Waals surface area contributed by atoms with E-state index in [1.807, 2.05) is 26.0 Å². The van der Waals surface area contributed by atoms with E-state index in [1.165, 1.54) is 17.0 Å². The van der Waals surface area contributed by atoms with Crippen LogP contribution in [0.2, 0.25) is 5.02 Å². The lowest BCUT2D eigenvalue weighted by Gasteiger charge is -2.33. The third-order valence-corrected chi connectivity index (χ3v) is 9.37. The minimum Gasteiger partial charge on any atom is -0.354 e. The summed E-state index contributed by atoms with van der Waals surface area (Å²) < 4.78 is 70.0. The average molecular weight is 652 g/mol. The molecule has 2 amide bonds. The molecule has 12 heteroatoms. The van der Waals surface area contributed by atoms with Crippen LogP contribution in [0.3, 0.4) is 0 Å². The lowest BCUT2D eigenvalue weighted by molar-refractivity contribution is -0.140. The van der Waals surface area contributed by atoms with Crippen LogP contribution in [-0.4, -0.2) is 44.3 Å². The zero-order valence-electron chi connectivity index (χ0n) is 25.1. The van der Waals surface area contributed by atoms with Crippen molar-refractivity contribution in [1.29, 1.82) is 0 Å². The van der Waals surface area contributed by atoms with Crippen molar-refractivity contribution in [2.45, 2.75) is 70.6 Å². The molecule has 3 aromatic carbocycles. The number of unbranched alkanes of at least 4 members (excludes halogenated alkanes) is 1. The highest BCUT2D eigenvalue weighted by Gasteiger charge is 2.37. The van der Waals surface area contributed by atoms with Crippen molar-refractivity contribution in [2.75, 3.05) is 17.4 Å². The van der Waals surface area contributed by atoms with Crippen molar-refractivity contribution >= 4 is 39.1 Å². The second kappa shape index (κ2) is 14.9. The molecule has 0 aliphatic rings. The fourth-order valence-corrected chi connectivity index (χ4v) is 6.28. The molecule has 0 bridgehead atoms. The van der Waals surface area contributed by atoms with E-state index in [1.54, 1.807) is 38.1 Å². The van der Waals surface area contributed by atoms with Gasteiger partial charge in [0, 0.05) is 13.1 Å². The minimum absolute atomic E-state index is 0.0158. The van der Waals surface area contributed by atoms with E-state index in [-0.39, 0.29) is 17.9 Å². The Morgan fingerprint density at radius 2 is 1.64 bits per heavy atom. The van der Waals surface area contributed by atoms with Gasteiger partial charge in [0.1, 0.15) is 12.6 Å². The van der Waals surface area contributed by atoms with Gasteiger partial charge in [-0.15, -0.1) is 0 Å². The number of amides is 2. The zero-order chi connectivity index (χ0) is 32.7. The number of sulfonamides is 1. The summed E-state index contributed by atoms with van der Waals surface area (Å²) in [7, 11) is -4.55. The summed E-state index contributed by atoms with van der Waals surface area (Å²) in [4.78, 5) is 28.5. The number of benzene rings is 3. The first-order chi connectivity index (χ1) is 20.7. The molecule has 0 saturated heterocycles. The van der Waals surface area contributed by atoms with Gasteiger partial charge in [0.15, 0.2) is 0 Å². The van der Waals surface area contributed by atoms with Gasteiger partial charge in [-0.25, -0.2) is 8.42 Å². The summed E-state index contributed by atoms with van der Waals surface area (Å²) in [6.45, 7) is 6.83. The summed E-state index contributed by atoms with van der Waals surface area (Å²) in [6.07, 6.45) is -3.08. The van der Waals surface area contributed by atoms with Crippen molar-refractivity contribution in [3.8, 4) is 0 Å². The Bertz CT molecular complexity index is 1560. The maximum atomic E-state index is 14.1. The van der Waals surface area contributed by atoms with Gasteiger partial charge in [-0.1, -0.05) is 73.8 Å². The van der Waals surface area contributed by atoms with Crippen LogP contribution >= 0.6 is 11.6 Å². The number of alkyl halides is 3. The van der Waals surface area contributed by atoms with Crippen LogP contribution in [0.4, 0.5) is 18.9 Å². The van der Waals surface area contributed by atoms with Crippen LogP contribution in [-0.2, 0) is 32.3 Å². The Morgan fingerprint density at radius 1 is 0.977 bits per heavy atom. The molecule has 3 aromatic rings. The quantitative estimate of drug-likeness (QED) is 0.204. The molecule has 0 heterocycles. The first-order valence-corrected chi connectivity index (χ1v) is 16.1. The molecular weight excluding hydrogens is 615 g/mol. The summed E-state index contributed by atoms with van der Waals surface area (Å²) in [5, 5.41) is 2.23. The van der Waals surface area contributed by atoms with Crippen molar-refractivity contribution < 1.29 is 31.2 Å². The number of carbonyl (C=O) groups excluding carboxylic acids is 2. The Balaban J connectivity index is 2.14. The number of aryl methyl sites for hydroxylation is 2. The Morgan fingerprint density at radius 3 is 2.23 bits per heavy atom. The SMILES string of the molecule is CCCCNC(=O)[C@@H](CC)N(Cc1ccccc1C)C(=O)CN(c1ccc(Cl)c(C(F)(F)F)c1)S(=O)(=O)c1ccc(C)cc1. The maximum absolute atomic E-state index is 14.1. The molecule has 0 aliphatic heterocycles. The minimum atomic E-state index is -4.88. The molecule has 44 heavy (non-hydrogen) atoms. The monoisotopic (exact) mass is 651 g/mol. The second-order valence-electron chi connectivity index (χ2n) is 10.5. The molecule has 0 fully saturated rings. The van der Waals surface area contributed by atoms with E-state index < -0.39 is 56.9 Å². The smallest absolute Gasteiger partial charge is 0.354 e. The highest BCUT2D eigenvalue weighted by atomic mass is 35.5. The molecule has 1 atom stereocenters. The van der Waals surface area contributed by atoms with Crippen LogP contribution in [0.25, 0.3) is 0 Å². The predicted octanol–water partition coefficient (Wildman–Crippen LogP) is 6.89. The largest absolute Gasteiger partial charge is 0.417 e. The van der Waals surface area contributed by atoms with Gasteiger partial charge in [0.2, 0.25) is 11.8 Å². The fourth-order valence-electron chi connectivity index (χ4n) is 4.65. The Hall–Kier alpha value is -3.57. The molecule has 0 radical (unpaired) electrons. The Kier molecular flexibility index (Phi) is 11.9. The number of nitrogens with one attached hydrogen (secondary N) is 1. The molecule has 1 N–H and O–H groups in total. The average Bonchev–Trinajstić information content (AvgIpc) is 2.96. The van der Waals surface area contributed by atoms with Crippen LogP contribution in [0.15, 0.2) is 71.6 Å². The topological polar surface area (TPSA) is 86.8 Å². The van der Waals surface area contributed by atoms with Gasteiger partial charge >= 0.3 is 6.18 Å². The Labute approximate surface area is 262 Å². The molecule has 3 rings (SSSR count). The number of carbonyl (C=O) groups is 2. The summed E-state index contributed by atoms with van der Waals surface area (Å²) in [5.74, 6) is -1.16. The van der Waals surface area contributed by atoms with Crippen LogP contribution < -0.4 is 9.62 Å². The van der Waals surface area contributed by atoms with Crippen molar-refractivity contribution in [1.82, 2.24) is 10.2 Å². The van der Waals surface area contributed by atoms with E-state index in [4.69, 9.17) is 11.6 Å². The molecule has 7 nitrogen and oxygen atoms in total. The van der Waals surface area contributed by atoms with Gasteiger partial charge < -0.3 is 10.2 Å². The number of hydrogen-bond donors (Lipinski definition) is 1. The lowest BCUT2D eigenvalue weighted by atomic mass is 10.1. The number of hydrogen-bond acceptors (Lipinski definition) is 4. The van der Waals surface area contributed by atoms with Gasteiger partial charge in [0.25, 0.3) is 10.0 Å². The zero-order valence-corrected chi connectivity index (χ0v) is 26.7. The first-order valence-electron chi connectivity index (χ1n) is 14.3. The lowest BCUT2D eigenvalue weighted by Crippen LogP contribution is -2.52. The van der Waals surface area contributed by atoms with Crippen molar-refractivity contribution in [3.63, 3.8) is 0 Å². The molecule has 0 aromatic heterocycles. The molecular formula is C32H37ClF3N3O4S. The van der Waals surface area contributed by atoms with E-state index in [0.717, 1.165) is 41.7 Å². The highest BCUT2D eigenvalue weighted by Crippen LogP contribution is 2.38. The first kappa shape index (κ1) is 34.9. The van der Waals surface area contributed by atoms with Gasteiger partial charge in [-0.05, 0) is 68.1 Å². The highest BCUT2D eigenvalue weighted by molar-refractivity contribution is 7.92. The third kappa shape index (κ3) is 8.53. The van der Waals surface area contributed by atoms with E-state index in [0.29, 0.717) is 16.9 Å². The molecule has 238 valence electrons. The predicted molar refractivity (Wildman–Crippen MR) is 166 cm³/mol. The number of halogens is 4. The maximum Gasteiger partial charge on any atom is 0.417 e. The van der Waals surface area contributed by atoms with Gasteiger partial charge in [0.05, 0.1) is 21.2 Å². The standard InChI is InChI=1S/C32H37ClF3N3O4S/c1-5-7-18-37-31(41)29(6-2)38(20-24-11-9-8-10-23(24)4)30(40)21-39(44(42,43)26-15-12-22(3)13-16-26)25-14-17-28(33)27(19-25)32(34,35)36/h8-17,19,29H,5-7,18,20-21H2,1-4H3,(H,37,41)/t29-/m1/s1. The normalized spacial score (nSPS) is 12.5. The van der Waals surface area contributed by atoms with Gasteiger partial charge in [-0.2, -0.15) is 13.2 Å². The summed E-state index contributed by atoms with van der Waals surface area (Å²) >= 11 is 5.84. The van der Waals surface area contributed by atoms with E-state index in [9.17, 15) is 31.2 Å². The van der Waals surface area contributed by atoms with Crippen LogP contribution in [0, 0.1) is 13.8 Å². The fraction of sp³-hybridized carbons (Fsp3) is 0.375. The molecule has 0 saturated carbocycles. The van der Waals surface area contributed by atoms with E-state index in [2.05, 4.69) is 5.32 Å². The van der Waals surface area contributed by atoms with Crippen LogP contribution in [0.1, 0.15) is 55.4 Å². The molecule has 0 spiro atoms. The summed E-state index contributed by atoms with van der Waals surface area (Å²) in [5.41, 5.74) is 0.711. The van der Waals surface area contributed by atoms with Crippen molar-refractivity contribution in [2.24, 2.45) is 0 Å². The number of rotatable bonds is 13. The second-order valence-corrected chi connectivity index (χ2v) is 12.8. The molecule has 0 unspecified atom stereocenters. The molecule has 0 aliphatic carbocycles. The third-order valence-electron chi connectivity index (χ3n) is 7.25. The number of nitrogens with zero attached hydrogens (tertiary/aromatic N) is 2. The van der Waals surface area contributed by atoms with Crippen LogP contribution in [0.5, 0.6) is 0 Å². The number of anilines is 1. The summed E-state index contributed by atoms with van der Waals surface area (Å²) in [6, 6.07) is 14.7. The van der Waals surface area contributed by atoms with Gasteiger partial charge in [-0.3, -0.25) is 13.9 Å².